The summed E-state index contributed by atoms with van der Waals surface area (Å²) in [5.41, 5.74) is 1.12. The molecule has 0 atom stereocenters. The Bertz CT molecular complexity index is 758. The molecule has 2 aromatic heterocycles. The smallest absolute Gasteiger partial charge is 0.231 e. The topological polar surface area (TPSA) is 48.0 Å². The minimum atomic E-state index is -0.188. The predicted molar refractivity (Wildman–Crippen MR) is 72.6 cm³/mol. The van der Waals surface area contributed by atoms with Crippen molar-refractivity contribution < 1.29 is 9.21 Å². The Morgan fingerprint density at radius 3 is 3.00 bits per heavy atom. The molecule has 0 fully saturated rings. The second-order valence-electron chi connectivity index (χ2n) is 4.18. The molecule has 0 N–H and O–H groups in total. The summed E-state index contributed by atoms with van der Waals surface area (Å²) in [7, 11) is 0. The van der Waals surface area contributed by atoms with Gasteiger partial charge < -0.3 is 4.42 Å². The van der Waals surface area contributed by atoms with Crippen LogP contribution in [0.1, 0.15) is 23.0 Å². The van der Waals surface area contributed by atoms with Crippen LogP contribution < -0.4 is 0 Å². The van der Waals surface area contributed by atoms with Crippen molar-refractivity contribution in [2.75, 3.05) is 0 Å². The van der Waals surface area contributed by atoms with E-state index in [0.717, 1.165) is 11.9 Å². The number of halogens is 1. The lowest BCUT2D eigenvalue weighted by Gasteiger charge is -1.92. The van der Waals surface area contributed by atoms with Gasteiger partial charge in [-0.3, -0.25) is 9.48 Å². The molecule has 3 aromatic rings. The molecular weight excluding hydrogens is 264 g/mol. The van der Waals surface area contributed by atoms with Crippen molar-refractivity contribution in [1.29, 1.82) is 0 Å². The number of hydrogen-bond donors (Lipinski definition) is 0. The standard InChI is InChI=1S/C14H11ClN2O2/c1-2-17-8-9(7-16-17)14(18)13-6-10-11(15)4-3-5-12(10)19-13/h3-8H,2H2,1H3. The van der Waals surface area contributed by atoms with Gasteiger partial charge in [0.15, 0.2) is 5.76 Å². The van der Waals surface area contributed by atoms with Crippen LogP contribution in [0.15, 0.2) is 41.1 Å². The van der Waals surface area contributed by atoms with E-state index < -0.39 is 0 Å². The number of nitrogens with zero attached hydrogens (tertiary/aromatic N) is 2. The van der Waals surface area contributed by atoms with Gasteiger partial charge in [-0.15, -0.1) is 0 Å². The average molecular weight is 275 g/mol. The second kappa shape index (κ2) is 4.55. The van der Waals surface area contributed by atoms with Crippen molar-refractivity contribution in [3.8, 4) is 0 Å². The summed E-state index contributed by atoms with van der Waals surface area (Å²) in [6.07, 6.45) is 3.25. The van der Waals surface area contributed by atoms with Crippen LogP contribution in [0.25, 0.3) is 11.0 Å². The Morgan fingerprint density at radius 1 is 1.47 bits per heavy atom. The number of rotatable bonds is 3. The van der Waals surface area contributed by atoms with Gasteiger partial charge >= 0.3 is 0 Å². The second-order valence-corrected chi connectivity index (χ2v) is 4.58. The van der Waals surface area contributed by atoms with Gasteiger partial charge in [0, 0.05) is 18.1 Å². The average Bonchev–Trinajstić information content (AvgIpc) is 3.05. The number of carbonyl (C=O) groups excluding carboxylic acids is 1. The third-order valence-electron chi connectivity index (χ3n) is 2.95. The Labute approximate surface area is 114 Å². The number of ketones is 1. The van der Waals surface area contributed by atoms with Gasteiger partial charge in [-0.2, -0.15) is 5.10 Å². The van der Waals surface area contributed by atoms with Gasteiger partial charge in [0.1, 0.15) is 5.58 Å². The fourth-order valence-corrected chi connectivity index (χ4v) is 2.15. The van der Waals surface area contributed by atoms with E-state index in [4.69, 9.17) is 16.0 Å². The van der Waals surface area contributed by atoms with Crippen molar-refractivity contribution in [3.05, 3.63) is 53.0 Å². The van der Waals surface area contributed by atoms with E-state index in [-0.39, 0.29) is 11.5 Å². The van der Waals surface area contributed by atoms with Gasteiger partial charge in [-0.25, -0.2) is 0 Å². The Morgan fingerprint density at radius 2 is 2.32 bits per heavy atom. The molecule has 0 spiro atoms. The van der Waals surface area contributed by atoms with Crippen molar-refractivity contribution >= 4 is 28.4 Å². The highest BCUT2D eigenvalue weighted by molar-refractivity contribution is 6.35. The molecule has 96 valence electrons. The molecule has 4 nitrogen and oxygen atoms in total. The van der Waals surface area contributed by atoms with Crippen molar-refractivity contribution in [1.82, 2.24) is 9.78 Å². The van der Waals surface area contributed by atoms with E-state index in [1.54, 1.807) is 41.3 Å². The van der Waals surface area contributed by atoms with Crippen molar-refractivity contribution in [2.45, 2.75) is 13.5 Å². The van der Waals surface area contributed by atoms with Gasteiger partial charge in [0.25, 0.3) is 0 Å². The molecule has 0 saturated heterocycles. The SMILES string of the molecule is CCn1cc(C(=O)c2cc3c(Cl)cccc3o2)cn1. The molecule has 0 unspecified atom stereocenters. The Balaban J connectivity index is 2.04. The number of furan rings is 1. The summed E-state index contributed by atoms with van der Waals surface area (Å²) < 4.78 is 7.23. The first-order valence-electron chi connectivity index (χ1n) is 5.94. The predicted octanol–water partition coefficient (Wildman–Crippen LogP) is 3.53. The van der Waals surface area contributed by atoms with Gasteiger partial charge in [-0.05, 0) is 25.1 Å². The normalized spacial score (nSPS) is 11.1. The number of aromatic nitrogens is 2. The molecule has 19 heavy (non-hydrogen) atoms. The molecule has 3 rings (SSSR count). The lowest BCUT2D eigenvalue weighted by atomic mass is 10.2. The maximum atomic E-state index is 12.3. The quantitative estimate of drug-likeness (QED) is 0.687. The van der Waals surface area contributed by atoms with Crippen LogP contribution in [0.4, 0.5) is 0 Å². The van der Waals surface area contributed by atoms with Crippen LogP contribution in [0.2, 0.25) is 5.02 Å². The fraction of sp³-hybridized carbons (Fsp3) is 0.143. The number of fused-ring (bicyclic) bond motifs is 1. The molecule has 0 aliphatic rings. The number of aryl methyl sites for hydroxylation is 1. The first-order valence-corrected chi connectivity index (χ1v) is 6.32. The van der Waals surface area contributed by atoms with Crippen LogP contribution in [-0.2, 0) is 6.54 Å². The fourth-order valence-electron chi connectivity index (χ4n) is 1.93. The summed E-state index contributed by atoms with van der Waals surface area (Å²) >= 11 is 6.06. The third kappa shape index (κ3) is 2.04. The molecule has 2 heterocycles. The minimum Gasteiger partial charge on any atom is -0.453 e. The maximum absolute atomic E-state index is 12.3. The van der Waals surface area contributed by atoms with E-state index in [1.165, 1.54) is 0 Å². The maximum Gasteiger partial charge on any atom is 0.231 e. The highest BCUT2D eigenvalue weighted by atomic mass is 35.5. The molecule has 5 heteroatoms. The first-order chi connectivity index (χ1) is 9.19. The van der Waals surface area contributed by atoms with Crippen LogP contribution in [0.5, 0.6) is 0 Å². The lowest BCUT2D eigenvalue weighted by molar-refractivity contribution is 0.101. The van der Waals surface area contributed by atoms with Gasteiger partial charge in [0.2, 0.25) is 5.78 Å². The molecular formula is C14H11ClN2O2. The van der Waals surface area contributed by atoms with Crippen molar-refractivity contribution in [3.63, 3.8) is 0 Å². The van der Waals surface area contributed by atoms with E-state index >= 15 is 0 Å². The van der Waals surface area contributed by atoms with Crippen molar-refractivity contribution in [2.24, 2.45) is 0 Å². The van der Waals surface area contributed by atoms with Crippen LogP contribution in [0.3, 0.4) is 0 Å². The first kappa shape index (κ1) is 12.0. The Hall–Kier alpha value is -2.07. The summed E-state index contributed by atoms with van der Waals surface area (Å²) in [5.74, 6) is 0.0886. The zero-order valence-electron chi connectivity index (χ0n) is 10.3. The summed E-state index contributed by atoms with van der Waals surface area (Å²) in [5, 5.41) is 5.40. The number of benzene rings is 1. The van der Waals surface area contributed by atoms with E-state index in [2.05, 4.69) is 5.10 Å². The lowest BCUT2D eigenvalue weighted by Crippen LogP contribution is -1.98. The highest BCUT2D eigenvalue weighted by Gasteiger charge is 2.17. The summed E-state index contributed by atoms with van der Waals surface area (Å²) in [4.78, 5) is 12.3. The summed E-state index contributed by atoms with van der Waals surface area (Å²) in [6.45, 7) is 2.68. The molecule has 0 bridgehead atoms. The molecule has 1 aromatic carbocycles. The van der Waals surface area contributed by atoms with E-state index in [1.807, 2.05) is 6.92 Å². The van der Waals surface area contributed by atoms with E-state index in [0.29, 0.717) is 16.2 Å². The summed E-state index contributed by atoms with van der Waals surface area (Å²) in [6, 6.07) is 7.01. The van der Waals surface area contributed by atoms with Crippen LogP contribution in [0, 0.1) is 0 Å². The zero-order chi connectivity index (χ0) is 13.4. The molecule has 0 aliphatic heterocycles. The molecule has 0 saturated carbocycles. The van der Waals surface area contributed by atoms with E-state index in [9.17, 15) is 4.79 Å². The monoisotopic (exact) mass is 274 g/mol. The molecule has 0 aliphatic carbocycles. The molecule has 0 amide bonds. The number of hydrogen-bond acceptors (Lipinski definition) is 3. The van der Waals surface area contributed by atoms with Crippen LogP contribution >= 0.6 is 11.6 Å². The third-order valence-corrected chi connectivity index (χ3v) is 3.28. The van der Waals surface area contributed by atoms with Gasteiger partial charge in [0.05, 0.1) is 16.8 Å². The minimum absolute atomic E-state index is 0.188. The van der Waals surface area contributed by atoms with Crippen LogP contribution in [-0.4, -0.2) is 15.6 Å². The molecule has 0 radical (unpaired) electrons. The highest BCUT2D eigenvalue weighted by Crippen LogP contribution is 2.27. The Kier molecular flexibility index (Phi) is 2.87. The van der Waals surface area contributed by atoms with Gasteiger partial charge in [-0.1, -0.05) is 17.7 Å². The largest absolute Gasteiger partial charge is 0.453 e. The number of carbonyl (C=O) groups is 1. The zero-order valence-corrected chi connectivity index (χ0v) is 11.0.